The summed E-state index contributed by atoms with van der Waals surface area (Å²) in [6.45, 7) is 0. The van der Waals surface area contributed by atoms with E-state index in [2.05, 4.69) is 290 Å². The van der Waals surface area contributed by atoms with Crippen LogP contribution in [0.3, 0.4) is 0 Å². The molecular weight excluding hydrogens is 843 g/mol. The molecule has 0 atom stereocenters. The molecule has 0 spiro atoms. The minimum absolute atomic E-state index is 0.491. The van der Waals surface area contributed by atoms with Gasteiger partial charge >= 0.3 is 0 Å². The summed E-state index contributed by atoms with van der Waals surface area (Å²) in [6.07, 6.45) is 2.36. The minimum Gasteiger partial charge on any atom is -0.316 e. The van der Waals surface area contributed by atoms with Gasteiger partial charge in [-0.25, -0.2) is 0 Å². The maximum Gasteiger partial charge on any atom is 0.0714 e. The van der Waals surface area contributed by atoms with Gasteiger partial charge in [-0.2, -0.15) is 0 Å². The first-order chi connectivity index (χ1) is 34.7. The third kappa shape index (κ3) is 7.02. The Bertz CT molecular complexity index is 3760. The molecule has 70 heavy (non-hydrogen) atoms. The largest absolute Gasteiger partial charge is 0.316 e. The number of fused-ring (bicyclic) bond motifs is 4. The average Bonchev–Trinajstić information content (AvgIpc) is 3.98. The quantitative estimate of drug-likeness (QED) is 0.136. The Kier molecular flexibility index (Phi) is 10.1. The molecule has 13 rings (SSSR count). The van der Waals surface area contributed by atoms with Crippen LogP contribution in [0.5, 0.6) is 0 Å². The summed E-state index contributed by atoms with van der Waals surface area (Å²) < 4.78 is 2.41. The molecule has 1 nitrogen and oxygen atoms in total. The first kappa shape index (κ1) is 41.2. The van der Waals surface area contributed by atoms with Gasteiger partial charge in [0.1, 0.15) is 0 Å². The fourth-order valence-corrected chi connectivity index (χ4v) is 11.1. The summed E-state index contributed by atoms with van der Waals surface area (Å²) in [4.78, 5) is 0. The lowest BCUT2D eigenvalue weighted by atomic mass is 9.67. The van der Waals surface area contributed by atoms with Crippen LogP contribution in [0.15, 0.2) is 285 Å². The Balaban J connectivity index is 0.927. The summed E-state index contributed by atoms with van der Waals surface area (Å²) in [6, 6.07) is 102. The van der Waals surface area contributed by atoms with Crippen molar-refractivity contribution < 1.29 is 0 Å². The van der Waals surface area contributed by atoms with Crippen molar-refractivity contribution in [3.8, 4) is 83.6 Å². The first-order valence-corrected chi connectivity index (χ1v) is 24.2. The first-order valence-electron chi connectivity index (χ1n) is 24.2. The van der Waals surface area contributed by atoms with Crippen LogP contribution >= 0.6 is 0 Å². The monoisotopic (exact) mass is 889 g/mol. The van der Waals surface area contributed by atoms with Crippen molar-refractivity contribution in [2.75, 3.05) is 0 Å². The van der Waals surface area contributed by atoms with Gasteiger partial charge in [0.25, 0.3) is 0 Å². The Morgan fingerprint density at radius 3 is 1.10 bits per heavy atom. The van der Waals surface area contributed by atoms with E-state index in [1.54, 1.807) is 0 Å². The number of nitrogens with zero attached hydrogens (tertiary/aromatic N) is 1. The van der Waals surface area contributed by atoms with Gasteiger partial charge in [-0.1, -0.05) is 255 Å². The number of aromatic nitrogens is 1. The van der Waals surface area contributed by atoms with Crippen LogP contribution in [-0.2, 0) is 5.41 Å². The van der Waals surface area contributed by atoms with Gasteiger partial charge in [0.2, 0.25) is 0 Å². The highest BCUT2D eigenvalue weighted by Gasteiger charge is 2.46. The second-order valence-corrected chi connectivity index (χ2v) is 18.4. The molecule has 1 aliphatic rings. The third-order valence-electron chi connectivity index (χ3n) is 14.6. The van der Waals surface area contributed by atoms with E-state index < -0.39 is 5.41 Å². The Morgan fingerprint density at radius 2 is 0.614 bits per heavy atom. The highest BCUT2D eigenvalue weighted by atomic mass is 15.0. The molecule has 0 aliphatic heterocycles. The van der Waals surface area contributed by atoms with E-state index in [0.29, 0.717) is 0 Å². The van der Waals surface area contributed by atoms with Crippen molar-refractivity contribution in [2.24, 2.45) is 0 Å². The van der Waals surface area contributed by atoms with Crippen molar-refractivity contribution in [1.29, 1.82) is 0 Å². The second-order valence-electron chi connectivity index (χ2n) is 18.4. The lowest BCUT2D eigenvalue weighted by Crippen LogP contribution is -2.28. The van der Waals surface area contributed by atoms with E-state index >= 15 is 0 Å². The van der Waals surface area contributed by atoms with E-state index in [1.807, 2.05) is 0 Å². The van der Waals surface area contributed by atoms with Crippen LogP contribution in [0.4, 0.5) is 0 Å². The molecule has 328 valence electrons. The summed E-state index contributed by atoms with van der Waals surface area (Å²) in [5.74, 6) is 0. The van der Waals surface area contributed by atoms with Gasteiger partial charge in [-0.3, -0.25) is 0 Å². The van der Waals surface area contributed by atoms with E-state index in [1.165, 1.54) is 106 Å². The van der Waals surface area contributed by atoms with Gasteiger partial charge in [0.15, 0.2) is 0 Å². The molecule has 0 bridgehead atoms. The van der Waals surface area contributed by atoms with E-state index in [-0.39, 0.29) is 0 Å². The Morgan fingerprint density at radius 1 is 0.243 bits per heavy atom. The van der Waals surface area contributed by atoms with E-state index in [0.717, 1.165) is 11.2 Å². The molecule has 0 saturated carbocycles. The van der Waals surface area contributed by atoms with Crippen LogP contribution in [0.2, 0.25) is 0 Å². The molecule has 0 unspecified atom stereocenters. The van der Waals surface area contributed by atoms with Crippen molar-refractivity contribution in [1.82, 2.24) is 4.57 Å². The van der Waals surface area contributed by atoms with Crippen molar-refractivity contribution in [3.05, 3.63) is 308 Å². The number of hydrogen-bond donors (Lipinski definition) is 0. The molecule has 0 saturated heterocycles. The fourth-order valence-electron chi connectivity index (χ4n) is 11.1. The maximum atomic E-state index is 2.46. The van der Waals surface area contributed by atoms with Crippen LogP contribution < -0.4 is 0 Å². The molecule has 1 heteroatoms. The van der Waals surface area contributed by atoms with Crippen LogP contribution in [0, 0.1) is 0 Å². The summed E-state index contributed by atoms with van der Waals surface area (Å²) in [7, 11) is 0. The van der Waals surface area contributed by atoms with Gasteiger partial charge < -0.3 is 4.57 Å². The minimum atomic E-state index is -0.491. The molecule has 0 N–H and O–H groups in total. The highest BCUT2D eigenvalue weighted by molar-refractivity contribution is 6.00. The molecule has 12 aromatic rings. The normalized spacial score (nSPS) is 12.4. The maximum absolute atomic E-state index is 2.46. The standard InChI is InChI=1S/C69H47N/c1-5-15-48(16-6-1)50-25-29-52(30-26-50)54-33-35-56(36-34-54)58-41-44-68-64(45-58)65(57-39-37-55(38-40-57)53-31-27-51(28-32-53)49-17-7-2-8-18-49)47-70(68)61-42-43-63-62-23-13-14-24-66(62)69(67(63)46-61,59-19-9-3-10-20-59)60-21-11-4-12-22-60/h1-47H. The smallest absolute Gasteiger partial charge is 0.0714 e. The lowest BCUT2D eigenvalue weighted by molar-refractivity contribution is 0.767. The molecule has 1 aliphatic carbocycles. The summed E-state index contributed by atoms with van der Waals surface area (Å²) in [5.41, 5.74) is 23.9. The van der Waals surface area contributed by atoms with Gasteiger partial charge in [-0.15, -0.1) is 0 Å². The van der Waals surface area contributed by atoms with Crippen molar-refractivity contribution >= 4 is 10.9 Å². The molecule has 1 aromatic heterocycles. The topological polar surface area (TPSA) is 4.93 Å². The third-order valence-corrected chi connectivity index (χ3v) is 14.6. The number of benzene rings is 11. The zero-order valence-corrected chi connectivity index (χ0v) is 38.6. The van der Waals surface area contributed by atoms with Gasteiger partial charge in [0, 0.05) is 22.8 Å². The lowest BCUT2D eigenvalue weighted by Gasteiger charge is -2.34. The van der Waals surface area contributed by atoms with Gasteiger partial charge in [-0.05, 0) is 119 Å². The van der Waals surface area contributed by atoms with E-state index in [9.17, 15) is 0 Å². The Labute approximate surface area is 409 Å². The molecule has 1 heterocycles. The van der Waals surface area contributed by atoms with Crippen molar-refractivity contribution in [2.45, 2.75) is 5.41 Å². The average molecular weight is 890 g/mol. The van der Waals surface area contributed by atoms with Crippen LogP contribution in [0.25, 0.3) is 94.5 Å². The highest BCUT2D eigenvalue weighted by Crippen LogP contribution is 2.56. The molecule has 0 radical (unpaired) electrons. The zero-order chi connectivity index (χ0) is 46.4. The predicted molar refractivity (Wildman–Crippen MR) is 293 cm³/mol. The molecule has 0 amide bonds. The van der Waals surface area contributed by atoms with Crippen molar-refractivity contribution in [3.63, 3.8) is 0 Å². The SMILES string of the molecule is c1ccc(-c2ccc(-c3ccc(-c4ccc5c(c4)c(-c4ccc(-c6ccc(-c7ccccc7)cc6)cc4)cn5-c4ccc5c(c4)C(c4ccccc4)(c4ccccc4)c4ccccc4-5)cc3)cc2)cc1. The molecule has 11 aromatic carbocycles. The summed E-state index contributed by atoms with van der Waals surface area (Å²) >= 11 is 0. The zero-order valence-electron chi connectivity index (χ0n) is 38.6. The van der Waals surface area contributed by atoms with Crippen LogP contribution in [0.1, 0.15) is 22.3 Å². The van der Waals surface area contributed by atoms with Crippen LogP contribution in [-0.4, -0.2) is 4.57 Å². The fraction of sp³-hybridized carbons (Fsp3) is 0.0145. The van der Waals surface area contributed by atoms with Gasteiger partial charge in [0.05, 0.1) is 10.9 Å². The number of rotatable bonds is 9. The second kappa shape index (κ2) is 17.2. The molecular formula is C69H47N. The Hall–Kier alpha value is -9.04. The predicted octanol–water partition coefficient (Wildman–Crippen LogP) is 18.0. The number of hydrogen-bond acceptors (Lipinski definition) is 0. The molecule has 0 fully saturated rings. The summed E-state index contributed by atoms with van der Waals surface area (Å²) in [5, 5.41) is 1.21. The van der Waals surface area contributed by atoms with E-state index in [4.69, 9.17) is 0 Å².